The molecule has 3 rings (SSSR count). The highest BCUT2D eigenvalue weighted by molar-refractivity contribution is 8.01. The summed E-state index contributed by atoms with van der Waals surface area (Å²) >= 11 is 3.96. The molecule has 0 aromatic heterocycles. The molecule has 2 N–H and O–H groups in total. The number of aliphatic imine (C=N–C) groups is 1. The molecular weight excluding hydrogens is 286 g/mol. The molecular formula is C15H21N3S2. The molecule has 2 fully saturated rings. The van der Waals surface area contributed by atoms with Crippen LogP contribution < -0.4 is 5.73 Å². The summed E-state index contributed by atoms with van der Waals surface area (Å²) in [5, 5.41) is 0. The van der Waals surface area contributed by atoms with Crippen LogP contribution in [0.15, 0.2) is 40.2 Å². The molecule has 0 unspecified atom stereocenters. The van der Waals surface area contributed by atoms with Gasteiger partial charge in [-0.3, -0.25) is 4.99 Å². The normalized spacial score (nSPS) is 21.8. The number of guanidine groups is 1. The van der Waals surface area contributed by atoms with Gasteiger partial charge in [0, 0.05) is 34.2 Å². The molecule has 0 radical (unpaired) electrons. The first-order chi connectivity index (χ1) is 9.77. The van der Waals surface area contributed by atoms with Gasteiger partial charge < -0.3 is 10.6 Å². The van der Waals surface area contributed by atoms with Gasteiger partial charge in [-0.2, -0.15) is 11.8 Å². The SMILES string of the molecule is NC(=NCC1(Sc2ccccc2)CC1)N1CCSCC1. The van der Waals surface area contributed by atoms with Crippen LogP contribution in [0, 0.1) is 0 Å². The van der Waals surface area contributed by atoms with Crippen LogP contribution in [0.4, 0.5) is 0 Å². The number of nitrogens with two attached hydrogens (primary N) is 1. The molecule has 0 bridgehead atoms. The molecule has 108 valence electrons. The van der Waals surface area contributed by atoms with Gasteiger partial charge in [0.25, 0.3) is 0 Å². The van der Waals surface area contributed by atoms with Crippen LogP contribution in [0.2, 0.25) is 0 Å². The molecule has 1 aliphatic carbocycles. The average molecular weight is 307 g/mol. The lowest BCUT2D eigenvalue weighted by molar-refractivity contribution is 0.455. The van der Waals surface area contributed by atoms with Crippen LogP contribution >= 0.6 is 23.5 Å². The minimum Gasteiger partial charge on any atom is -0.370 e. The number of thioether (sulfide) groups is 2. The fourth-order valence-electron chi connectivity index (χ4n) is 2.29. The Bertz CT molecular complexity index is 465. The Morgan fingerprint density at radius 3 is 2.60 bits per heavy atom. The van der Waals surface area contributed by atoms with Crippen molar-refractivity contribution in [2.45, 2.75) is 22.5 Å². The lowest BCUT2D eigenvalue weighted by atomic mass is 10.4. The van der Waals surface area contributed by atoms with Gasteiger partial charge >= 0.3 is 0 Å². The molecule has 3 nitrogen and oxygen atoms in total. The van der Waals surface area contributed by atoms with E-state index in [1.54, 1.807) is 0 Å². The van der Waals surface area contributed by atoms with E-state index in [0.717, 1.165) is 25.6 Å². The molecule has 0 atom stereocenters. The van der Waals surface area contributed by atoms with Gasteiger partial charge in [0.1, 0.15) is 0 Å². The van der Waals surface area contributed by atoms with E-state index in [0.29, 0.717) is 4.75 Å². The summed E-state index contributed by atoms with van der Waals surface area (Å²) < 4.78 is 0.302. The maximum atomic E-state index is 6.13. The van der Waals surface area contributed by atoms with E-state index in [2.05, 4.69) is 40.2 Å². The van der Waals surface area contributed by atoms with Crippen LogP contribution in [-0.4, -0.2) is 46.7 Å². The molecule has 20 heavy (non-hydrogen) atoms. The smallest absolute Gasteiger partial charge is 0.191 e. The second kappa shape index (κ2) is 6.31. The van der Waals surface area contributed by atoms with Crippen LogP contribution in [0.5, 0.6) is 0 Å². The molecule has 1 saturated heterocycles. The second-order valence-electron chi connectivity index (χ2n) is 5.37. The first kappa shape index (κ1) is 14.1. The highest BCUT2D eigenvalue weighted by Crippen LogP contribution is 2.51. The summed E-state index contributed by atoms with van der Waals surface area (Å²) in [5.41, 5.74) is 6.13. The second-order valence-corrected chi connectivity index (χ2v) is 8.14. The van der Waals surface area contributed by atoms with Gasteiger partial charge in [-0.25, -0.2) is 0 Å². The third kappa shape index (κ3) is 3.64. The summed E-state index contributed by atoms with van der Waals surface area (Å²) in [4.78, 5) is 8.23. The molecule has 1 aromatic carbocycles. The molecule has 5 heteroatoms. The van der Waals surface area contributed by atoms with E-state index >= 15 is 0 Å². The number of hydrogen-bond donors (Lipinski definition) is 1. The van der Waals surface area contributed by atoms with E-state index in [1.807, 2.05) is 23.5 Å². The van der Waals surface area contributed by atoms with Crippen LogP contribution in [0.25, 0.3) is 0 Å². The zero-order chi connectivity index (χ0) is 13.8. The molecule has 0 amide bonds. The number of rotatable bonds is 4. The minimum atomic E-state index is 0.302. The fraction of sp³-hybridized carbons (Fsp3) is 0.533. The Morgan fingerprint density at radius 1 is 1.25 bits per heavy atom. The van der Waals surface area contributed by atoms with Crippen molar-refractivity contribution in [3.05, 3.63) is 30.3 Å². The molecule has 1 aromatic rings. The van der Waals surface area contributed by atoms with Crippen molar-refractivity contribution in [2.75, 3.05) is 31.1 Å². The highest BCUT2D eigenvalue weighted by atomic mass is 32.2. The first-order valence-electron chi connectivity index (χ1n) is 7.14. The Kier molecular flexibility index (Phi) is 4.46. The lowest BCUT2D eigenvalue weighted by Gasteiger charge is -2.27. The summed E-state index contributed by atoms with van der Waals surface area (Å²) in [6.07, 6.45) is 2.50. The molecule has 2 aliphatic rings. The maximum Gasteiger partial charge on any atom is 0.191 e. The zero-order valence-corrected chi connectivity index (χ0v) is 13.3. The van der Waals surface area contributed by atoms with Crippen molar-refractivity contribution in [2.24, 2.45) is 10.7 Å². The number of hydrogen-bond acceptors (Lipinski definition) is 3. The van der Waals surface area contributed by atoms with Crippen molar-refractivity contribution in [1.82, 2.24) is 4.90 Å². The quantitative estimate of drug-likeness (QED) is 0.686. The van der Waals surface area contributed by atoms with Gasteiger partial charge in [-0.15, -0.1) is 11.8 Å². The number of nitrogens with zero attached hydrogens (tertiary/aromatic N) is 2. The van der Waals surface area contributed by atoms with Crippen LogP contribution in [0.3, 0.4) is 0 Å². The van der Waals surface area contributed by atoms with Crippen LogP contribution in [-0.2, 0) is 0 Å². The van der Waals surface area contributed by atoms with Gasteiger partial charge in [-0.05, 0) is 25.0 Å². The van der Waals surface area contributed by atoms with Gasteiger partial charge in [0.15, 0.2) is 5.96 Å². The molecule has 1 heterocycles. The standard InChI is InChI=1S/C15H21N3S2/c16-14(18-8-10-19-11-9-18)17-12-15(6-7-15)20-13-4-2-1-3-5-13/h1-5H,6-12H2,(H2,16,17). The van der Waals surface area contributed by atoms with Gasteiger partial charge in [0.2, 0.25) is 0 Å². The Morgan fingerprint density at radius 2 is 1.95 bits per heavy atom. The number of benzene rings is 1. The maximum absolute atomic E-state index is 6.13. The summed E-state index contributed by atoms with van der Waals surface area (Å²) in [6, 6.07) is 10.6. The van der Waals surface area contributed by atoms with Crippen molar-refractivity contribution in [1.29, 1.82) is 0 Å². The van der Waals surface area contributed by atoms with Crippen molar-refractivity contribution >= 4 is 29.5 Å². The summed E-state index contributed by atoms with van der Waals surface area (Å²) in [7, 11) is 0. The molecule has 1 saturated carbocycles. The third-order valence-electron chi connectivity index (χ3n) is 3.75. The first-order valence-corrected chi connectivity index (χ1v) is 9.11. The van der Waals surface area contributed by atoms with E-state index in [9.17, 15) is 0 Å². The van der Waals surface area contributed by atoms with Crippen molar-refractivity contribution < 1.29 is 0 Å². The molecule has 1 aliphatic heterocycles. The van der Waals surface area contributed by atoms with Gasteiger partial charge in [-0.1, -0.05) is 18.2 Å². The predicted molar refractivity (Wildman–Crippen MR) is 89.7 cm³/mol. The van der Waals surface area contributed by atoms with Crippen molar-refractivity contribution in [3.63, 3.8) is 0 Å². The Labute approximate surface area is 129 Å². The van der Waals surface area contributed by atoms with Gasteiger partial charge in [0.05, 0.1) is 6.54 Å². The van der Waals surface area contributed by atoms with E-state index < -0.39 is 0 Å². The minimum absolute atomic E-state index is 0.302. The Balaban J connectivity index is 1.57. The molecule has 0 spiro atoms. The summed E-state index contributed by atoms with van der Waals surface area (Å²) in [6.45, 7) is 2.93. The highest BCUT2D eigenvalue weighted by Gasteiger charge is 2.43. The third-order valence-corrected chi connectivity index (χ3v) is 6.17. The van der Waals surface area contributed by atoms with Crippen LogP contribution in [0.1, 0.15) is 12.8 Å². The topological polar surface area (TPSA) is 41.6 Å². The lowest BCUT2D eigenvalue weighted by Crippen LogP contribution is -2.43. The fourth-order valence-corrected chi connectivity index (χ4v) is 4.42. The van der Waals surface area contributed by atoms with E-state index in [1.165, 1.54) is 29.2 Å². The van der Waals surface area contributed by atoms with E-state index in [-0.39, 0.29) is 0 Å². The van der Waals surface area contributed by atoms with E-state index in [4.69, 9.17) is 5.73 Å². The monoisotopic (exact) mass is 307 g/mol. The zero-order valence-electron chi connectivity index (χ0n) is 11.6. The predicted octanol–water partition coefficient (Wildman–Crippen LogP) is 2.67. The van der Waals surface area contributed by atoms with Crippen molar-refractivity contribution in [3.8, 4) is 0 Å². The Hall–Kier alpha value is -0.810. The largest absolute Gasteiger partial charge is 0.370 e. The average Bonchev–Trinajstić information content (AvgIpc) is 3.27. The summed E-state index contributed by atoms with van der Waals surface area (Å²) in [5.74, 6) is 3.07.